The van der Waals surface area contributed by atoms with Crippen LogP contribution < -0.4 is 5.32 Å². The minimum absolute atomic E-state index is 0.261. The summed E-state index contributed by atoms with van der Waals surface area (Å²) >= 11 is 3.32. The van der Waals surface area contributed by atoms with Gasteiger partial charge in [-0.2, -0.15) is 5.10 Å². The predicted octanol–water partition coefficient (Wildman–Crippen LogP) is 3.44. The van der Waals surface area contributed by atoms with E-state index in [9.17, 15) is 9.59 Å². The lowest BCUT2D eigenvalue weighted by Gasteiger charge is -2.07. The third kappa shape index (κ3) is 4.79. The Balaban J connectivity index is 1.57. The lowest BCUT2D eigenvalue weighted by Crippen LogP contribution is -2.21. The van der Waals surface area contributed by atoms with E-state index in [0.717, 1.165) is 15.9 Å². The maximum atomic E-state index is 12.1. The number of hydrogen-bond donors (Lipinski definition) is 1. The van der Waals surface area contributed by atoms with Gasteiger partial charge in [0.25, 0.3) is 5.91 Å². The summed E-state index contributed by atoms with van der Waals surface area (Å²) in [5, 5.41) is 6.99. The number of carbonyl (C=O) groups is 2. The van der Waals surface area contributed by atoms with Crippen LogP contribution >= 0.6 is 15.9 Å². The minimum atomic E-state index is -0.617. The van der Waals surface area contributed by atoms with E-state index in [1.165, 1.54) is 6.20 Å². The number of anilines is 1. The number of nitrogens with one attached hydrogen (secondary N) is 1. The number of halogens is 1. The van der Waals surface area contributed by atoms with Crippen LogP contribution in [0.2, 0.25) is 0 Å². The molecule has 27 heavy (non-hydrogen) atoms. The Labute approximate surface area is 164 Å². The van der Waals surface area contributed by atoms with Crippen molar-refractivity contribution in [1.82, 2.24) is 14.8 Å². The van der Waals surface area contributed by atoms with Crippen molar-refractivity contribution in [2.24, 2.45) is 0 Å². The van der Waals surface area contributed by atoms with Gasteiger partial charge in [0.15, 0.2) is 12.4 Å². The molecule has 1 aromatic carbocycles. The minimum Gasteiger partial charge on any atom is -0.452 e. The van der Waals surface area contributed by atoms with Crippen molar-refractivity contribution in [2.75, 3.05) is 11.9 Å². The Morgan fingerprint density at radius 3 is 2.48 bits per heavy atom. The topological polar surface area (TPSA) is 86.1 Å². The van der Waals surface area contributed by atoms with Crippen molar-refractivity contribution in [3.63, 3.8) is 0 Å². The molecule has 0 spiro atoms. The molecule has 7 nitrogen and oxygen atoms in total. The van der Waals surface area contributed by atoms with Gasteiger partial charge in [-0.05, 0) is 56.3 Å². The second-order valence-electron chi connectivity index (χ2n) is 5.88. The highest BCUT2D eigenvalue weighted by Crippen LogP contribution is 2.14. The molecule has 8 heteroatoms. The Kier molecular flexibility index (Phi) is 5.66. The van der Waals surface area contributed by atoms with E-state index in [4.69, 9.17) is 4.74 Å². The standard InChI is InChI=1S/C19H17BrN4O3/c1-12-9-13(2)24(23-12)17-8-3-14(10-21-17)19(26)27-11-18(25)22-16-6-4-15(20)5-7-16/h3-10H,11H2,1-2H3,(H,22,25). The molecule has 0 saturated heterocycles. The molecule has 0 fully saturated rings. The lowest BCUT2D eigenvalue weighted by atomic mass is 10.3. The lowest BCUT2D eigenvalue weighted by molar-refractivity contribution is -0.119. The van der Waals surface area contributed by atoms with Crippen LogP contribution in [0.1, 0.15) is 21.7 Å². The van der Waals surface area contributed by atoms with Crippen molar-refractivity contribution in [2.45, 2.75) is 13.8 Å². The average Bonchev–Trinajstić information content (AvgIpc) is 3.00. The molecule has 0 aliphatic heterocycles. The van der Waals surface area contributed by atoms with Crippen LogP contribution in [-0.2, 0) is 9.53 Å². The maximum absolute atomic E-state index is 12.1. The number of ether oxygens (including phenoxy) is 1. The molecule has 3 aromatic rings. The normalized spacial score (nSPS) is 10.5. The number of esters is 1. The average molecular weight is 429 g/mol. The van der Waals surface area contributed by atoms with E-state index in [1.54, 1.807) is 41.1 Å². The summed E-state index contributed by atoms with van der Waals surface area (Å²) in [6, 6.07) is 12.3. The van der Waals surface area contributed by atoms with Crippen LogP contribution in [0.25, 0.3) is 5.82 Å². The number of pyridine rings is 1. The smallest absolute Gasteiger partial charge is 0.340 e. The van der Waals surface area contributed by atoms with E-state index >= 15 is 0 Å². The quantitative estimate of drug-likeness (QED) is 0.628. The number of carbonyl (C=O) groups excluding carboxylic acids is 2. The number of benzene rings is 1. The zero-order chi connectivity index (χ0) is 19.4. The van der Waals surface area contributed by atoms with Crippen LogP contribution in [0.15, 0.2) is 53.1 Å². The highest BCUT2D eigenvalue weighted by atomic mass is 79.9. The van der Waals surface area contributed by atoms with Crippen molar-refractivity contribution in [3.8, 4) is 5.82 Å². The van der Waals surface area contributed by atoms with Gasteiger partial charge in [-0.15, -0.1) is 0 Å². The summed E-state index contributed by atoms with van der Waals surface area (Å²) in [7, 11) is 0. The van der Waals surface area contributed by atoms with E-state index < -0.39 is 11.9 Å². The molecule has 2 aromatic heterocycles. The SMILES string of the molecule is Cc1cc(C)n(-c2ccc(C(=O)OCC(=O)Nc3ccc(Br)cc3)cn2)n1. The van der Waals surface area contributed by atoms with Gasteiger partial charge in [-0.25, -0.2) is 14.5 Å². The summed E-state index contributed by atoms with van der Waals surface area (Å²) in [5.74, 6) is -0.434. The molecule has 1 amide bonds. The monoisotopic (exact) mass is 428 g/mol. The second-order valence-corrected chi connectivity index (χ2v) is 6.79. The van der Waals surface area contributed by atoms with Crippen LogP contribution in [0.4, 0.5) is 5.69 Å². The fraction of sp³-hybridized carbons (Fsp3) is 0.158. The van der Waals surface area contributed by atoms with Gasteiger partial charge < -0.3 is 10.1 Å². The molecule has 0 saturated carbocycles. The number of aryl methyl sites for hydroxylation is 2. The van der Waals surface area contributed by atoms with Crippen molar-refractivity contribution in [3.05, 3.63) is 70.1 Å². The highest BCUT2D eigenvalue weighted by Gasteiger charge is 2.12. The first-order valence-corrected chi connectivity index (χ1v) is 8.94. The fourth-order valence-corrected chi connectivity index (χ4v) is 2.70. The third-order valence-electron chi connectivity index (χ3n) is 3.67. The summed E-state index contributed by atoms with van der Waals surface area (Å²) in [5.41, 5.74) is 2.71. The summed E-state index contributed by atoms with van der Waals surface area (Å²) in [4.78, 5) is 28.2. The molecule has 1 N–H and O–H groups in total. The predicted molar refractivity (Wildman–Crippen MR) is 104 cm³/mol. The molecule has 0 unspecified atom stereocenters. The van der Waals surface area contributed by atoms with Crippen molar-refractivity contribution < 1.29 is 14.3 Å². The third-order valence-corrected chi connectivity index (χ3v) is 4.20. The molecule has 0 atom stereocenters. The van der Waals surface area contributed by atoms with E-state index in [2.05, 4.69) is 31.3 Å². The number of aromatic nitrogens is 3. The van der Waals surface area contributed by atoms with Gasteiger partial charge in [0, 0.05) is 22.1 Å². The highest BCUT2D eigenvalue weighted by molar-refractivity contribution is 9.10. The van der Waals surface area contributed by atoms with Gasteiger partial charge in [0.05, 0.1) is 11.3 Å². The Bertz CT molecular complexity index is 966. The van der Waals surface area contributed by atoms with Crippen molar-refractivity contribution in [1.29, 1.82) is 0 Å². The molecular weight excluding hydrogens is 412 g/mol. The van der Waals surface area contributed by atoms with Crippen LogP contribution in [0.5, 0.6) is 0 Å². The summed E-state index contributed by atoms with van der Waals surface area (Å²) in [6.45, 7) is 3.44. The van der Waals surface area contributed by atoms with Gasteiger partial charge >= 0.3 is 5.97 Å². The Morgan fingerprint density at radius 1 is 1.15 bits per heavy atom. The van der Waals surface area contributed by atoms with Crippen LogP contribution in [0, 0.1) is 13.8 Å². The van der Waals surface area contributed by atoms with E-state index in [0.29, 0.717) is 11.5 Å². The van der Waals surface area contributed by atoms with Gasteiger partial charge in [0.1, 0.15) is 0 Å². The molecule has 138 valence electrons. The van der Waals surface area contributed by atoms with Crippen molar-refractivity contribution >= 4 is 33.5 Å². The second kappa shape index (κ2) is 8.13. The van der Waals surface area contributed by atoms with Gasteiger partial charge in [0.2, 0.25) is 0 Å². The van der Waals surface area contributed by atoms with Crippen LogP contribution in [-0.4, -0.2) is 33.2 Å². The Morgan fingerprint density at radius 2 is 1.89 bits per heavy atom. The number of amides is 1. The fourth-order valence-electron chi connectivity index (χ4n) is 2.44. The molecule has 0 aliphatic rings. The molecule has 0 bridgehead atoms. The van der Waals surface area contributed by atoms with Gasteiger partial charge in [-0.1, -0.05) is 15.9 Å². The number of rotatable bonds is 5. The maximum Gasteiger partial charge on any atom is 0.340 e. The zero-order valence-corrected chi connectivity index (χ0v) is 16.4. The van der Waals surface area contributed by atoms with E-state index in [-0.39, 0.29) is 12.2 Å². The molecule has 0 radical (unpaired) electrons. The van der Waals surface area contributed by atoms with E-state index in [1.807, 2.05) is 19.9 Å². The zero-order valence-electron chi connectivity index (χ0n) is 14.8. The summed E-state index contributed by atoms with van der Waals surface area (Å²) < 4.78 is 7.63. The Hall–Kier alpha value is -3.00. The largest absolute Gasteiger partial charge is 0.452 e. The van der Waals surface area contributed by atoms with Gasteiger partial charge in [-0.3, -0.25) is 4.79 Å². The number of nitrogens with zero attached hydrogens (tertiary/aromatic N) is 3. The van der Waals surface area contributed by atoms with Crippen LogP contribution in [0.3, 0.4) is 0 Å². The molecule has 0 aliphatic carbocycles. The first kappa shape index (κ1) is 18.8. The molecular formula is C19H17BrN4O3. The summed E-state index contributed by atoms with van der Waals surface area (Å²) in [6.07, 6.45) is 1.40. The molecule has 2 heterocycles. The number of hydrogen-bond acceptors (Lipinski definition) is 5. The first-order chi connectivity index (χ1) is 12.9. The molecule has 3 rings (SSSR count). The first-order valence-electron chi connectivity index (χ1n) is 8.14.